The summed E-state index contributed by atoms with van der Waals surface area (Å²) < 4.78 is 4.99. The van der Waals surface area contributed by atoms with Crippen LogP contribution in [0.5, 0.6) is 0 Å². The predicted octanol–water partition coefficient (Wildman–Crippen LogP) is 2.09. The van der Waals surface area contributed by atoms with E-state index in [1.807, 2.05) is 0 Å². The summed E-state index contributed by atoms with van der Waals surface area (Å²) in [7, 11) is 0. The Morgan fingerprint density at radius 2 is 1.93 bits per heavy atom. The van der Waals surface area contributed by atoms with Crippen molar-refractivity contribution in [1.29, 1.82) is 0 Å². The van der Waals surface area contributed by atoms with Crippen molar-refractivity contribution in [2.24, 2.45) is 0 Å². The van der Waals surface area contributed by atoms with E-state index in [0.29, 0.717) is 10.6 Å². The van der Waals surface area contributed by atoms with E-state index in [2.05, 4.69) is 22.8 Å². The molecule has 1 heterocycles. The van der Waals surface area contributed by atoms with Gasteiger partial charge < -0.3 is 9.52 Å². The molecule has 0 aliphatic carbocycles. The highest BCUT2D eigenvalue weighted by atomic mass is 35.5. The summed E-state index contributed by atoms with van der Waals surface area (Å²) in [6.45, 7) is 0. The van der Waals surface area contributed by atoms with E-state index in [4.69, 9.17) is 16.0 Å². The van der Waals surface area contributed by atoms with Crippen LogP contribution in [0.15, 0.2) is 33.9 Å². The Hall–Kier alpha value is -1.04. The van der Waals surface area contributed by atoms with Gasteiger partial charge in [0.1, 0.15) is 0 Å². The van der Waals surface area contributed by atoms with Gasteiger partial charge in [-0.3, -0.25) is 0 Å². The molecule has 78 valence electrons. The fraction of sp³-hybridized carbons (Fsp3) is 0.111. The van der Waals surface area contributed by atoms with Gasteiger partial charge in [-0.25, -0.2) is 0 Å². The smallest absolute Gasteiger partial charge is 0.273 e. The van der Waals surface area contributed by atoms with Gasteiger partial charge in [-0.05, 0) is 17.7 Å². The molecule has 0 spiro atoms. The quantitative estimate of drug-likeness (QED) is 0.792. The number of aromatic nitrogens is 2. The minimum atomic E-state index is -0.948. The standard InChI is InChI=1S/C9H7ClN2O2S/c10-6-3-1-5(2-4-6)7(13)8-11-12-9(15)14-8/h1-4,7,13H,(H,12,15). The molecule has 2 rings (SSSR count). The lowest BCUT2D eigenvalue weighted by atomic mass is 10.1. The average molecular weight is 243 g/mol. The number of aliphatic hydroxyl groups is 1. The largest absolute Gasteiger partial charge is 0.413 e. The lowest BCUT2D eigenvalue weighted by Crippen LogP contribution is -1.99. The van der Waals surface area contributed by atoms with E-state index in [1.165, 1.54) is 0 Å². The number of nitrogens with zero attached hydrogens (tertiary/aromatic N) is 2. The summed E-state index contributed by atoms with van der Waals surface area (Å²) >= 11 is 9.58. The second kappa shape index (κ2) is 4.22. The van der Waals surface area contributed by atoms with E-state index >= 15 is 0 Å². The molecule has 0 saturated carbocycles. The molecule has 1 atom stereocenters. The number of halogens is 1. The van der Waals surface area contributed by atoms with E-state index in [-0.39, 0.29) is 11.1 Å². The Morgan fingerprint density at radius 1 is 1.27 bits per heavy atom. The number of thiol groups is 1. The molecule has 0 amide bonds. The zero-order chi connectivity index (χ0) is 10.8. The molecule has 1 aromatic heterocycles. The molecule has 1 N–H and O–H groups in total. The van der Waals surface area contributed by atoms with Crippen LogP contribution in [0.1, 0.15) is 17.6 Å². The maximum absolute atomic E-state index is 9.82. The molecule has 1 aromatic carbocycles. The average Bonchev–Trinajstić information content (AvgIpc) is 2.65. The zero-order valence-electron chi connectivity index (χ0n) is 7.46. The van der Waals surface area contributed by atoms with Crippen molar-refractivity contribution in [3.05, 3.63) is 40.7 Å². The molecule has 4 nitrogen and oxygen atoms in total. The van der Waals surface area contributed by atoms with Gasteiger partial charge in [0.2, 0.25) is 5.89 Å². The van der Waals surface area contributed by atoms with Crippen molar-refractivity contribution in [2.75, 3.05) is 0 Å². The number of hydrogen-bond donors (Lipinski definition) is 2. The SMILES string of the molecule is OC(c1ccc(Cl)cc1)c1nnc(S)o1. The highest BCUT2D eigenvalue weighted by Gasteiger charge is 2.16. The number of aliphatic hydroxyl groups excluding tert-OH is 1. The fourth-order valence-corrected chi connectivity index (χ4v) is 1.39. The highest BCUT2D eigenvalue weighted by molar-refractivity contribution is 7.80. The van der Waals surface area contributed by atoms with E-state index in [9.17, 15) is 5.11 Å². The molecule has 0 radical (unpaired) electrons. The third-order valence-corrected chi connectivity index (χ3v) is 2.28. The van der Waals surface area contributed by atoms with Crippen LogP contribution in [-0.2, 0) is 0 Å². The van der Waals surface area contributed by atoms with Gasteiger partial charge in [0, 0.05) is 5.02 Å². The molecular formula is C9H7ClN2O2S. The first kappa shape index (κ1) is 10.5. The maximum Gasteiger partial charge on any atom is 0.273 e. The minimum Gasteiger partial charge on any atom is -0.413 e. The van der Waals surface area contributed by atoms with Crippen LogP contribution in [0.2, 0.25) is 5.02 Å². The molecule has 0 saturated heterocycles. The fourth-order valence-electron chi connectivity index (χ4n) is 1.12. The van der Waals surface area contributed by atoms with E-state index in [1.54, 1.807) is 24.3 Å². The summed E-state index contributed by atoms with van der Waals surface area (Å²) in [6.07, 6.45) is -0.948. The lowest BCUT2D eigenvalue weighted by Gasteiger charge is -2.05. The van der Waals surface area contributed by atoms with Crippen LogP contribution in [0, 0.1) is 0 Å². The van der Waals surface area contributed by atoms with Gasteiger partial charge in [0.15, 0.2) is 6.10 Å². The summed E-state index contributed by atoms with van der Waals surface area (Å²) in [5, 5.41) is 17.7. The summed E-state index contributed by atoms with van der Waals surface area (Å²) in [4.78, 5) is 0. The van der Waals surface area contributed by atoms with Crippen LogP contribution in [0.4, 0.5) is 0 Å². The molecular weight excluding hydrogens is 236 g/mol. The van der Waals surface area contributed by atoms with E-state index in [0.717, 1.165) is 0 Å². The Balaban J connectivity index is 2.28. The van der Waals surface area contributed by atoms with Crippen LogP contribution < -0.4 is 0 Å². The Bertz CT molecular complexity index is 457. The topological polar surface area (TPSA) is 59.2 Å². The molecule has 0 fully saturated rings. The predicted molar refractivity (Wildman–Crippen MR) is 57.1 cm³/mol. The molecule has 15 heavy (non-hydrogen) atoms. The van der Waals surface area contributed by atoms with E-state index < -0.39 is 6.10 Å². The third kappa shape index (κ3) is 2.31. The van der Waals surface area contributed by atoms with Crippen LogP contribution in [0.25, 0.3) is 0 Å². The number of benzene rings is 1. The first-order valence-corrected chi connectivity index (χ1v) is 4.95. The molecule has 6 heteroatoms. The molecule has 0 aliphatic heterocycles. The normalized spacial score (nSPS) is 12.7. The summed E-state index contributed by atoms with van der Waals surface area (Å²) in [5.41, 5.74) is 0.636. The number of rotatable bonds is 2. The Kier molecular flexibility index (Phi) is 2.95. The lowest BCUT2D eigenvalue weighted by molar-refractivity contribution is 0.176. The van der Waals surface area contributed by atoms with Crippen LogP contribution >= 0.6 is 24.2 Å². The number of hydrogen-bond acceptors (Lipinski definition) is 5. The van der Waals surface area contributed by atoms with Gasteiger partial charge in [-0.15, -0.1) is 10.2 Å². The van der Waals surface area contributed by atoms with Crippen molar-refractivity contribution in [3.8, 4) is 0 Å². The molecule has 0 bridgehead atoms. The van der Waals surface area contributed by atoms with Crippen LogP contribution in [-0.4, -0.2) is 15.3 Å². The highest BCUT2D eigenvalue weighted by Crippen LogP contribution is 2.22. The summed E-state index contributed by atoms with van der Waals surface area (Å²) in [5.74, 6) is 0.113. The monoisotopic (exact) mass is 242 g/mol. The summed E-state index contributed by atoms with van der Waals surface area (Å²) in [6, 6.07) is 6.74. The Morgan fingerprint density at radius 3 is 2.47 bits per heavy atom. The third-order valence-electron chi connectivity index (χ3n) is 1.85. The van der Waals surface area contributed by atoms with Gasteiger partial charge >= 0.3 is 0 Å². The van der Waals surface area contributed by atoms with Gasteiger partial charge in [-0.2, -0.15) is 0 Å². The van der Waals surface area contributed by atoms with Crippen LogP contribution in [0.3, 0.4) is 0 Å². The van der Waals surface area contributed by atoms with Crippen molar-refractivity contribution in [2.45, 2.75) is 11.3 Å². The molecule has 2 aromatic rings. The maximum atomic E-state index is 9.82. The van der Waals surface area contributed by atoms with Crippen molar-refractivity contribution in [3.63, 3.8) is 0 Å². The van der Waals surface area contributed by atoms with Gasteiger partial charge in [0.25, 0.3) is 5.22 Å². The van der Waals surface area contributed by atoms with Gasteiger partial charge in [0.05, 0.1) is 0 Å². The first-order valence-electron chi connectivity index (χ1n) is 4.12. The molecule has 1 unspecified atom stereocenters. The zero-order valence-corrected chi connectivity index (χ0v) is 9.11. The van der Waals surface area contributed by atoms with Crippen molar-refractivity contribution >= 4 is 24.2 Å². The van der Waals surface area contributed by atoms with Crippen molar-refractivity contribution < 1.29 is 9.52 Å². The first-order chi connectivity index (χ1) is 7.16. The second-order valence-corrected chi connectivity index (χ2v) is 3.70. The van der Waals surface area contributed by atoms with Crippen molar-refractivity contribution in [1.82, 2.24) is 10.2 Å². The minimum absolute atomic E-state index is 0.113. The Labute approximate surface area is 96.3 Å². The van der Waals surface area contributed by atoms with Gasteiger partial charge in [-0.1, -0.05) is 36.4 Å². The molecule has 0 aliphatic rings. The second-order valence-electron chi connectivity index (χ2n) is 2.88.